The molecule has 0 aliphatic carbocycles. The molecule has 1 aromatic rings. The fourth-order valence-corrected chi connectivity index (χ4v) is 2.99. The van der Waals surface area contributed by atoms with Gasteiger partial charge in [-0.25, -0.2) is 0 Å². The third-order valence-electron chi connectivity index (χ3n) is 2.79. The first kappa shape index (κ1) is 18.0. The molecule has 2 nitrogen and oxygen atoms in total. The van der Waals surface area contributed by atoms with Crippen LogP contribution in [0.4, 0.5) is 13.2 Å². The third kappa shape index (κ3) is 6.08. The Morgan fingerprint density at radius 3 is 1.95 bits per heavy atom. The summed E-state index contributed by atoms with van der Waals surface area (Å²) in [4.78, 5) is 12.1. The van der Waals surface area contributed by atoms with E-state index in [0.29, 0.717) is 6.42 Å². The molecule has 21 heavy (non-hydrogen) atoms. The molecule has 1 aromatic carbocycles. The monoisotopic (exact) mass is 365 g/mol. The van der Waals surface area contributed by atoms with Gasteiger partial charge in [0.25, 0.3) is 5.91 Å². The predicted molar refractivity (Wildman–Crippen MR) is 80.6 cm³/mol. The average molecular weight is 366 g/mol. The Bertz CT molecular complexity index is 501. The maximum Gasteiger partial charge on any atom is 0.416 e. The Kier molecular flexibility index (Phi) is 5.13. The van der Waals surface area contributed by atoms with E-state index in [9.17, 15) is 18.0 Å². The van der Waals surface area contributed by atoms with Gasteiger partial charge in [0.05, 0.1) is 5.56 Å². The summed E-state index contributed by atoms with van der Waals surface area (Å²) in [6, 6.07) is 4.20. The number of rotatable bonds is 4. The number of benzene rings is 1. The molecule has 0 saturated heterocycles. The van der Waals surface area contributed by atoms with Crippen molar-refractivity contribution in [1.29, 1.82) is 0 Å². The van der Waals surface area contributed by atoms with E-state index in [0.717, 1.165) is 12.1 Å². The van der Waals surface area contributed by atoms with Gasteiger partial charge in [0.1, 0.15) is 0 Å². The second-order valence-corrected chi connectivity index (χ2v) is 8.46. The molecular formula is C15H19BrF3NO. The van der Waals surface area contributed by atoms with Crippen LogP contribution in [0.2, 0.25) is 0 Å². The third-order valence-corrected chi connectivity index (χ3v) is 3.07. The molecule has 0 spiro atoms. The molecule has 0 unspecified atom stereocenters. The van der Waals surface area contributed by atoms with Gasteiger partial charge < -0.3 is 5.32 Å². The molecule has 0 heterocycles. The molecule has 118 valence electrons. The lowest BCUT2D eigenvalue weighted by Gasteiger charge is -2.32. The number of amides is 1. The predicted octanol–water partition coefficient (Wildman–Crippen LogP) is 4.78. The maximum atomic E-state index is 12.5. The van der Waals surface area contributed by atoms with Crippen LogP contribution in [0, 0.1) is 0 Å². The van der Waals surface area contributed by atoms with Crippen molar-refractivity contribution < 1.29 is 18.0 Å². The van der Waals surface area contributed by atoms with Crippen molar-refractivity contribution in [2.75, 3.05) is 0 Å². The van der Waals surface area contributed by atoms with Crippen molar-refractivity contribution in [2.45, 2.75) is 50.2 Å². The number of carbonyl (C=O) groups is 1. The summed E-state index contributed by atoms with van der Waals surface area (Å²) in [6.45, 7) is 7.72. The van der Waals surface area contributed by atoms with Gasteiger partial charge in [-0.05, 0) is 58.4 Å². The highest BCUT2D eigenvalue weighted by molar-refractivity contribution is 9.10. The summed E-state index contributed by atoms with van der Waals surface area (Å²) in [6.07, 6.45) is -3.72. The number of nitrogens with one attached hydrogen (secondary N) is 1. The zero-order chi connectivity index (χ0) is 16.5. The maximum absolute atomic E-state index is 12.5. The van der Waals surface area contributed by atoms with Crippen LogP contribution in [-0.2, 0) is 6.18 Å². The van der Waals surface area contributed by atoms with Gasteiger partial charge in [0, 0.05) is 15.4 Å². The Balaban J connectivity index is 2.81. The van der Waals surface area contributed by atoms with Gasteiger partial charge >= 0.3 is 6.18 Å². The van der Waals surface area contributed by atoms with E-state index in [1.165, 1.54) is 12.1 Å². The second-order valence-electron chi connectivity index (χ2n) is 6.31. The minimum absolute atomic E-state index is 0.149. The molecule has 0 aromatic heterocycles. The first-order valence-electron chi connectivity index (χ1n) is 6.49. The first-order chi connectivity index (χ1) is 9.30. The van der Waals surface area contributed by atoms with Gasteiger partial charge in [0.2, 0.25) is 0 Å². The van der Waals surface area contributed by atoms with E-state index in [2.05, 4.69) is 21.2 Å². The van der Waals surface area contributed by atoms with E-state index in [1.54, 1.807) is 0 Å². The van der Waals surface area contributed by atoms with E-state index in [-0.39, 0.29) is 15.8 Å². The summed E-state index contributed by atoms with van der Waals surface area (Å²) in [5, 5.41) is 2.84. The second kappa shape index (κ2) is 5.99. The molecule has 0 aliphatic heterocycles. The van der Waals surface area contributed by atoms with Crippen LogP contribution >= 0.6 is 15.9 Å². The van der Waals surface area contributed by atoms with Crippen molar-refractivity contribution >= 4 is 21.8 Å². The number of alkyl halides is 4. The van der Waals surface area contributed by atoms with Crippen LogP contribution in [0.15, 0.2) is 24.3 Å². The van der Waals surface area contributed by atoms with Crippen LogP contribution in [0.25, 0.3) is 0 Å². The van der Waals surface area contributed by atoms with Gasteiger partial charge in [-0.1, -0.05) is 15.9 Å². The van der Waals surface area contributed by atoms with Gasteiger partial charge in [-0.15, -0.1) is 0 Å². The molecule has 1 rings (SSSR count). The minimum atomic E-state index is -4.39. The zero-order valence-electron chi connectivity index (χ0n) is 12.4. The summed E-state index contributed by atoms with van der Waals surface area (Å²) >= 11 is 3.52. The number of halogens is 4. The Morgan fingerprint density at radius 2 is 1.57 bits per heavy atom. The Morgan fingerprint density at radius 1 is 1.10 bits per heavy atom. The van der Waals surface area contributed by atoms with Crippen LogP contribution in [-0.4, -0.2) is 15.8 Å². The van der Waals surface area contributed by atoms with Crippen LogP contribution in [0.3, 0.4) is 0 Å². The average Bonchev–Trinajstić information content (AvgIpc) is 2.23. The Hall–Kier alpha value is -1.04. The quantitative estimate of drug-likeness (QED) is 0.764. The highest BCUT2D eigenvalue weighted by atomic mass is 79.9. The lowest BCUT2D eigenvalue weighted by atomic mass is 9.92. The lowest BCUT2D eigenvalue weighted by Crippen LogP contribution is -2.46. The molecule has 0 saturated carbocycles. The van der Waals surface area contributed by atoms with E-state index < -0.39 is 17.3 Å². The molecule has 6 heteroatoms. The Labute approximate surface area is 131 Å². The topological polar surface area (TPSA) is 29.1 Å². The fourth-order valence-electron chi connectivity index (χ4n) is 2.29. The normalized spacial score (nSPS) is 13.1. The minimum Gasteiger partial charge on any atom is -0.347 e. The molecule has 0 radical (unpaired) electrons. The van der Waals surface area contributed by atoms with Crippen molar-refractivity contribution in [3.05, 3.63) is 35.4 Å². The van der Waals surface area contributed by atoms with Crippen LogP contribution < -0.4 is 5.32 Å². The first-order valence-corrected chi connectivity index (χ1v) is 7.28. The van der Waals surface area contributed by atoms with Gasteiger partial charge in [-0.2, -0.15) is 13.2 Å². The van der Waals surface area contributed by atoms with Gasteiger partial charge in [-0.3, -0.25) is 4.79 Å². The highest BCUT2D eigenvalue weighted by Crippen LogP contribution is 2.30. The zero-order valence-corrected chi connectivity index (χ0v) is 14.0. The summed E-state index contributed by atoms with van der Waals surface area (Å²) < 4.78 is 37.3. The molecular weight excluding hydrogens is 347 g/mol. The van der Waals surface area contributed by atoms with E-state index >= 15 is 0 Å². The number of carbonyl (C=O) groups excluding carboxylic acids is 1. The van der Waals surface area contributed by atoms with Crippen LogP contribution in [0.5, 0.6) is 0 Å². The van der Waals surface area contributed by atoms with Gasteiger partial charge in [0.15, 0.2) is 0 Å². The highest BCUT2D eigenvalue weighted by Gasteiger charge is 2.31. The lowest BCUT2D eigenvalue weighted by molar-refractivity contribution is -0.137. The smallest absolute Gasteiger partial charge is 0.347 e. The number of hydrogen-bond donors (Lipinski definition) is 1. The molecule has 0 atom stereocenters. The van der Waals surface area contributed by atoms with E-state index in [1.807, 2.05) is 27.7 Å². The van der Waals surface area contributed by atoms with Crippen molar-refractivity contribution in [3.8, 4) is 0 Å². The summed E-state index contributed by atoms with van der Waals surface area (Å²) in [5.74, 6) is -0.384. The molecule has 0 bridgehead atoms. The molecule has 1 N–H and O–H groups in total. The molecule has 1 amide bonds. The molecule has 0 fully saturated rings. The van der Waals surface area contributed by atoms with Crippen molar-refractivity contribution in [1.82, 2.24) is 5.32 Å². The largest absolute Gasteiger partial charge is 0.416 e. The summed E-state index contributed by atoms with van der Waals surface area (Å²) in [7, 11) is 0. The van der Waals surface area contributed by atoms with Crippen LogP contribution in [0.1, 0.15) is 50.0 Å². The van der Waals surface area contributed by atoms with E-state index in [4.69, 9.17) is 0 Å². The number of hydrogen-bond acceptors (Lipinski definition) is 1. The fraction of sp³-hybridized carbons (Fsp3) is 0.533. The SMILES string of the molecule is CC(C)(Br)CC(C)(C)NC(=O)c1ccc(C(F)(F)F)cc1. The standard InChI is InChI=1S/C15H19BrF3NO/c1-13(2,16)9-14(3,4)20-12(21)10-5-7-11(8-6-10)15(17,18)19/h5-8H,9H2,1-4H3,(H,20,21). The molecule has 0 aliphatic rings. The summed E-state index contributed by atoms with van der Waals surface area (Å²) in [5.41, 5.74) is -1.03. The van der Waals surface area contributed by atoms with Crippen molar-refractivity contribution in [3.63, 3.8) is 0 Å². The van der Waals surface area contributed by atoms with Crippen molar-refractivity contribution in [2.24, 2.45) is 0 Å².